The van der Waals surface area contributed by atoms with Gasteiger partial charge in [-0.1, -0.05) is 33.3 Å². The van der Waals surface area contributed by atoms with Crippen molar-refractivity contribution in [1.82, 2.24) is 10.6 Å². The van der Waals surface area contributed by atoms with Crippen LogP contribution in [0.5, 0.6) is 0 Å². The van der Waals surface area contributed by atoms with Crippen LogP contribution >= 0.6 is 0 Å². The molecule has 0 aromatic rings. The minimum absolute atomic E-state index is 0. The number of amides is 1. The summed E-state index contributed by atoms with van der Waals surface area (Å²) >= 11 is 0. The zero-order valence-corrected chi connectivity index (χ0v) is 13.1. The van der Waals surface area contributed by atoms with Gasteiger partial charge in [-0.2, -0.15) is 0 Å². The number of nitrogens with one attached hydrogen (secondary N) is 2. The standard InChI is InChI=1S/C13H26N2O2.C2H6.2H2/c1-4-6-12(7-5-2)13(16)15-9-11-17-10-8-14-3;1-2;;/h4,12,14H,1,5-11H2,2-3H3,(H,15,16);1-2H3;2*1H. The van der Waals surface area contributed by atoms with Crippen molar-refractivity contribution < 1.29 is 12.4 Å². The molecule has 4 heteroatoms. The molecule has 0 rings (SSSR count). The molecule has 0 heterocycles. The van der Waals surface area contributed by atoms with Gasteiger partial charge in [-0.3, -0.25) is 4.79 Å². The van der Waals surface area contributed by atoms with E-state index in [4.69, 9.17) is 4.74 Å². The molecule has 0 aliphatic carbocycles. The minimum atomic E-state index is 0. The van der Waals surface area contributed by atoms with Crippen LogP contribution in [0.15, 0.2) is 12.7 Å². The SMILES string of the molecule is C=CCC(CCC)C(=O)NCCOCCNC.CC.[HH].[HH]. The van der Waals surface area contributed by atoms with Crippen molar-refractivity contribution >= 4 is 5.91 Å². The topological polar surface area (TPSA) is 50.4 Å². The zero-order chi connectivity index (χ0) is 14.9. The number of carbonyl (C=O) groups excluding carboxylic acids is 1. The Labute approximate surface area is 122 Å². The van der Waals surface area contributed by atoms with Crippen LogP contribution in [0.2, 0.25) is 0 Å². The molecule has 19 heavy (non-hydrogen) atoms. The molecular weight excluding hydrogens is 240 g/mol. The molecule has 1 unspecified atom stereocenters. The maximum Gasteiger partial charge on any atom is 0.223 e. The molecule has 0 aromatic heterocycles. The van der Waals surface area contributed by atoms with Crippen LogP contribution in [0.25, 0.3) is 0 Å². The first kappa shape index (κ1) is 20.4. The normalized spacial score (nSPS) is 11.2. The molecule has 4 nitrogen and oxygen atoms in total. The summed E-state index contributed by atoms with van der Waals surface area (Å²) in [6, 6.07) is 0. The number of carbonyl (C=O) groups is 1. The number of hydrogen-bond donors (Lipinski definition) is 2. The number of allylic oxidation sites excluding steroid dienone is 1. The lowest BCUT2D eigenvalue weighted by atomic mass is 9.99. The predicted molar refractivity (Wildman–Crippen MR) is 86.5 cm³/mol. The molecule has 0 saturated heterocycles. The Kier molecular flexibility index (Phi) is 18.4. The van der Waals surface area contributed by atoms with Gasteiger partial charge in [0.1, 0.15) is 0 Å². The van der Waals surface area contributed by atoms with Crippen molar-refractivity contribution in [3.05, 3.63) is 12.7 Å². The van der Waals surface area contributed by atoms with E-state index in [0.29, 0.717) is 19.8 Å². The average Bonchev–Trinajstić information content (AvgIpc) is 2.44. The van der Waals surface area contributed by atoms with Gasteiger partial charge in [-0.05, 0) is 19.9 Å². The number of rotatable bonds is 11. The summed E-state index contributed by atoms with van der Waals surface area (Å²) in [6.45, 7) is 12.4. The van der Waals surface area contributed by atoms with Crippen LogP contribution in [0.1, 0.15) is 42.9 Å². The van der Waals surface area contributed by atoms with E-state index in [1.165, 1.54) is 0 Å². The number of hydrogen-bond acceptors (Lipinski definition) is 3. The molecule has 0 aliphatic rings. The van der Waals surface area contributed by atoms with Gasteiger partial charge in [0.05, 0.1) is 13.2 Å². The van der Waals surface area contributed by atoms with Gasteiger partial charge in [0, 0.05) is 21.9 Å². The molecule has 1 amide bonds. The van der Waals surface area contributed by atoms with E-state index >= 15 is 0 Å². The lowest BCUT2D eigenvalue weighted by Crippen LogP contribution is -2.33. The maximum atomic E-state index is 11.8. The van der Waals surface area contributed by atoms with Crippen LogP contribution in [0.3, 0.4) is 0 Å². The quantitative estimate of drug-likeness (QED) is 0.451. The lowest BCUT2D eigenvalue weighted by molar-refractivity contribution is -0.125. The highest BCUT2D eigenvalue weighted by atomic mass is 16.5. The molecule has 0 spiro atoms. The van der Waals surface area contributed by atoms with E-state index in [1.54, 1.807) is 0 Å². The highest BCUT2D eigenvalue weighted by molar-refractivity contribution is 5.78. The van der Waals surface area contributed by atoms with Crippen molar-refractivity contribution in [2.75, 3.05) is 33.4 Å². The molecular formula is C15H36N2O2. The summed E-state index contributed by atoms with van der Waals surface area (Å²) in [7, 11) is 1.88. The fraction of sp³-hybridized carbons (Fsp3) is 0.800. The first-order chi connectivity index (χ1) is 9.26. The third kappa shape index (κ3) is 13.4. The minimum Gasteiger partial charge on any atom is -0.378 e. The molecule has 0 aromatic carbocycles. The van der Waals surface area contributed by atoms with Gasteiger partial charge in [0.2, 0.25) is 5.91 Å². The van der Waals surface area contributed by atoms with Crippen LogP contribution in [0.4, 0.5) is 0 Å². The van der Waals surface area contributed by atoms with Crippen molar-refractivity contribution in [3.63, 3.8) is 0 Å². The highest BCUT2D eigenvalue weighted by Gasteiger charge is 2.14. The predicted octanol–water partition coefficient (Wildman–Crippen LogP) is 2.85. The molecule has 118 valence electrons. The van der Waals surface area contributed by atoms with E-state index in [-0.39, 0.29) is 14.7 Å². The molecule has 0 saturated carbocycles. The average molecular weight is 276 g/mol. The van der Waals surface area contributed by atoms with E-state index in [1.807, 2.05) is 27.0 Å². The van der Waals surface area contributed by atoms with E-state index in [9.17, 15) is 4.79 Å². The Morgan fingerprint density at radius 1 is 1.37 bits per heavy atom. The fourth-order valence-corrected chi connectivity index (χ4v) is 1.57. The third-order valence-corrected chi connectivity index (χ3v) is 2.50. The Morgan fingerprint density at radius 3 is 2.53 bits per heavy atom. The molecule has 2 N–H and O–H groups in total. The van der Waals surface area contributed by atoms with Gasteiger partial charge < -0.3 is 15.4 Å². The van der Waals surface area contributed by atoms with Crippen molar-refractivity contribution in [2.45, 2.75) is 40.0 Å². The first-order valence-corrected chi connectivity index (χ1v) is 7.37. The van der Waals surface area contributed by atoms with Gasteiger partial charge in [0.25, 0.3) is 0 Å². The Bertz CT molecular complexity index is 218. The molecule has 0 aliphatic heterocycles. The van der Waals surface area contributed by atoms with Crippen molar-refractivity contribution in [2.24, 2.45) is 5.92 Å². The van der Waals surface area contributed by atoms with Gasteiger partial charge in [-0.15, -0.1) is 6.58 Å². The van der Waals surface area contributed by atoms with Crippen LogP contribution in [0, 0.1) is 5.92 Å². The van der Waals surface area contributed by atoms with Crippen molar-refractivity contribution in [3.8, 4) is 0 Å². The fourth-order valence-electron chi connectivity index (χ4n) is 1.57. The summed E-state index contributed by atoms with van der Waals surface area (Å²) in [5.74, 6) is 0.179. The summed E-state index contributed by atoms with van der Waals surface area (Å²) in [4.78, 5) is 11.8. The second kappa shape index (κ2) is 17.1. The van der Waals surface area contributed by atoms with E-state index < -0.39 is 0 Å². The van der Waals surface area contributed by atoms with Crippen molar-refractivity contribution in [1.29, 1.82) is 0 Å². The third-order valence-electron chi connectivity index (χ3n) is 2.50. The van der Waals surface area contributed by atoms with Gasteiger partial charge in [-0.25, -0.2) is 0 Å². The van der Waals surface area contributed by atoms with E-state index in [2.05, 4.69) is 24.1 Å². The van der Waals surface area contributed by atoms with Crippen LogP contribution in [-0.2, 0) is 9.53 Å². The Morgan fingerprint density at radius 2 is 2.00 bits per heavy atom. The summed E-state index contributed by atoms with van der Waals surface area (Å²) in [6.07, 6.45) is 4.49. The monoisotopic (exact) mass is 276 g/mol. The zero-order valence-electron chi connectivity index (χ0n) is 13.1. The smallest absolute Gasteiger partial charge is 0.223 e. The molecule has 0 fully saturated rings. The van der Waals surface area contributed by atoms with Crippen LogP contribution in [-0.4, -0.2) is 39.3 Å². The second-order valence-corrected chi connectivity index (χ2v) is 4.02. The Balaban J connectivity index is -0.000000344. The largest absolute Gasteiger partial charge is 0.378 e. The van der Waals surface area contributed by atoms with Gasteiger partial charge >= 0.3 is 0 Å². The molecule has 0 radical (unpaired) electrons. The first-order valence-electron chi connectivity index (χ1n) is 7.37. The maximum absolute atomic E-state index is 11.8. The summed E-state index contributed by atoms with van der Waals surface area (Å²) in [5.41, 5.74) is 0. The Hall–Kier alpha value is -0.870. The summed E-state index contributed by atoms with van der Waals surface area (Å²) in [5, 5.41) is 5.89. The lowest BCUT2D eigenvalue weighted by Gasteiger charge is -2.14. The van der Waals surface area contributed by atoms with Crippen LogP contribution < -0.4 is 10.6 Å². The number of likely N-dealkylation sites (N-methyl/N-ethyl adjacent to an activating group) is 1. The summed E-state index contributed by atoms with van der Waals surface area (Å²) < 4.78 is 5.33. The van der Waals surface area contributed by atoms with E-state index in [0.717, 1.165) is 25.8 Å². The number of ether oxygens (including phenoxy) is 1. The van der Waals surface area contributed by atoms with Gasteiger partial charge in [0.15, 0.2) is 0 Å². The molecule has 0 bridgehead atoms. The second-order valence-electron chi connectivity index (χ2n) is 4.02. The highest BCUT2D eigenvalue weighted by Crippen LogP contribution is 2.11. The molecule has 1 atom stereocenters.